The maximum Gasteiger partial charge on any atom is 0.434 e. The minimum absolute atomic E-state index is 0.157. The Kier molecular flexibility index (Phi) is 5.54. The van der Waals surface area contributed by atoms with E-state index in [0.29, 0.717) is 24.3 Å². The highest BCUT2D eigenvalue weighted by atomic mass is 32.1. The molecule has 3 rings (SSSR count). The van der Waals surface area contributed by atoms with E-state index in [9.17, 15) is 22.8 Å². The van der Waals surface area contributed by atoms with Crippen molar-refractivity contribution in [3.63, 3.8) is 0 Å². The van der Waals surface area contributed by atoms with E-state index < -0.39 is 28.6 Å². The molecule has 1 amide bonds. The molecule has 27 heavy (non-hydrogen) atoms. The van der Waals surface area contributed by atoms with Crippen LogP contribution in [0.3, 0.4) is 0 Å². The number of nitrogens with zero attached hydrogens (tertiary/aromatic N) is 2. The highest BCUT2D eigenvalue weighted by Gasteiger charge is 2.39. The van der Waals surface area contributed by atoms with Crippen molar-refractivity contribution in [2.24, 2.45) is 0 Å². The Morgan fingerprint density at radius 1 is 1.41 bits per heavy atom. The number of aromatic nitrogens is 1. The van der Waals surface area contributed by atoms with Crippen LogP contribution < -0.4 is 5.32 Å². The van der Waals surface area contributed by atoms with Crippen molar-refractivity contribution in [1.29, 1.82) is 0 Å². The van der Waals surface area contributed by atoms with E-state index in [0.717, 1.165) is 22.5 Å². The summed E-state index contributed by atoms with van der Waals surface area (Å²) in [4.78, 5) is 30.5. The van der Waals surface area contributed by atoms with Crippen LogP contribution in [0.4, 0.5) is 18.2 Å². The Morgan fingerprint density at radius 2 is 2.15 bits per heavy atom. The molecule has 0 spiro atoms. The van der Waals surface area contributed by atoms with Crippen LogP contribution in [0.25, 0.3) is 0 Å². The predicted molar refractivity (Wildman–Crippen MR) is 95.4 cm³/mol. The third kappa shape index (κ3) is 3.99. The van der Waals surface area contributed by atoms with Gasteiger partial charge in [0.1, 0.15) is 9.88 Å². The summed E-state index contributed by atoms with van der Waals surface area (Å²) in [6, 6.07) is 0. The summed E-state index contributed by atoms with van der Waals surface area (Å²) < 4.78 is 44.1. The summed E-state index contributed by atoms with van der Waals surface area (Å²) in [6.45, 7) is 3.15. The molecule has 0 saturated heterocycles. The summed E-state index contributed by atoms with van der Waals surface area (Å²) in [5.74, 6) is -1.53. The molecule has 0 saturated carbocycles. The average molecular weight is 419 g/mol. The lowest BCUT2D eigenvalue weighted by atomic mass is 10.0. The first-order chi connectivity index (χ1) is 12.7. The molecule has 2 aromatic heterocycles. The molecule has 0 aliphatic carbocycles. The van der Waals surface area contributed by atoms with Crippen LogP contribution in [0.5, 0.6) is 0 Å². The molecule has 146 valence electrons. The number of fused-ring (bicyclic) bond motifs is 1. The van der Waals surface area contributed by atoms with Gasteiger partial charge in [-0.3, -0.25) is 4.79 Å². The lowest BCUT2D eigenvalue weighted by Gasteiger charge is -2.22. The minimum Gasteiger partial charge on any atom is -0.462 e. The van der Waals surface area contributed by atoms with Crippen LogP contribution in [-0.2, 0) is 23.9 Å². The number of thiazole rings is 1. The Balaban J connectivity index is 1.96. The zero-order chi connectivity index (χ0) is 19.8. The Bertz CT molecular complexity index is 876. The monoisotopic (exact) mass is 419 g/mol. The molecule has 0 bridgehead atoms. The number of amides is 1. The number of alkyl halides is 3. The number of hydrogen-bond acceptors (Lipinski definition) is 7. The first-order valence-corrected chi connectivity index (χ1v) is 9.74. The maximum absolute atomic E-state index is 13.0. The van der Waals surface area contributed by atoms with Crippen LogP contribution >= 0.6 is 22.7 Å². The highest BCUT2D eigenvalue weighted by molar-refractivity contribution is 7.17. The molecular formula is C16H16F3N3O3S2. The average Bonchev–Trinajstić information content (AvgIpc) is 3.18. The van der Waals surface area contributed by atoms with Gasteiger partial charge in [-0.2, -0.15) is 13.2 Å². The lowest BCUT2D eigenvalue weighted by molar-refractivity contribution is -0.141. The number of likely N-dealkylation sites (N-methyl/N-ethyl adjacent to an activating group) is 1. The van der Waals surface area contributed by atoms with Crippen molar-refractivity contribution in [2.45, 2.75) is 26.1 Å². The molecule has 0 unspecified atom stereocenters. The van der Waals surface area contributed by atoms with E-state index in [1.54, 1.807) is 6.92 Å². The summed E-state index contributed by atoms with van der Waals surface area (Å²) in [7, 11) is 1.93. The van der Waals surface area contributed by atoms with Crippen LogP contribution in [0.2, 0.25) is 0 Å². The molecule has 3 heterocycles. The van der Waals surface area contributed by atoms with Gasteiger partial charge in [0.05, 0.1) is 17.7 Å². The van der Waals surface area contributed by atoms with E-state index >= 15 is 0 Å². The molecule has 1 N–H and O–H groups in total. The van der Waals surface area contributed by atoms with Crippen molar-refractivity contribution in [3.8, 4) is 0 Å². The Morgan fingerprint density at radius 3 is 2.81 bits per heavy atom. The van der Waals surface area contributed by atoms with Gasteiger partial charge in [-0.25, -0.2) is 9.78 Å². The number of carbonyl (C=O) groups is 2. The summed E-state index contributed by atoms with van der Waals surface area (Å²) in [5, 5.41) is 2.68. The predicted octanol–water partition coefficient (Wildman–Crippen LogP) is 3.64. The Hall–Kier alpha value is -1.98. The van der Waals surface area contributed by atoms with Crippen molar-refractivity contribution in [2.75, 3.05) is 25.5 Å². The van der Waals surface area contributed by atoms with E-state index in [4.69, 9.17) is 4.74 Å². The number of esters is 1. The van der Waals surface area contributed by atoms with Crippen molar-refractivity contribution < 1.29 is 27.5 Å². The number of nitrogens with one attached hydrogen (secondary N) is 1. The van der Waals surface area contributed by atoms with Gasteiger partial charge >= 0.3 is 12.1 Å². The van der Waals surface area contributed by atoms with Gasteiger partial charge in [0.15, 0.2) is 5.69 Å². The van der Waals surface area contributed by atoms with E-state index in [-0.39, 0.29) is 17.2 Å². The third-order valence-electron chi connectivity index (χ3n) is 4.00. The fourth-order valence-electron chi connectivity index (χ4n) is 2.81. The summed E-state index contributed by atoms with van der Waals surface area (Å²) >= 11 is 1.79. The van der Waals surface area contributed by atoms with E-state index in [1.165, 1.54) is 11.3 Å². The second-order valence-electron chi connectivity index (χ2n) is 5.90. The van der Waals surface area contributed by atoms with Crippen LogP contribution in [0, 0.1) is 0 Å². The number of carbonyl (C=O) groups excluding carboxylic acids is 2. The minimum atomic E-state index is -4.73. The van der Waals surface area contributed by atoms with E-state index in [2.05, 4.69) is 15.2 Å². The van der Waals surface area contributed by atoms with Gasteiger partial charge in [0, 0.05) is 18.0 Å². The van der Waals surface area contributed by atoms with E-state index in [1.807, 2.05) is 7.05 Å². The van der Waals surface area contributed by atoms with Crippen LogP contribution in [0.15, 0.2) is 5.51 Å². The summed E-state index contributed by atoms with van der Waals surface area (Å²) in [6.07, 6.45) is -4.13. The van der Waals surface area contributed by atoms with Gasteiger partial charge < -0.3 is 15.0 Å². The molecule has 0 fully saturated rings. The fraction of sp³-hybridized carbons (Fsp3) is 0.438. The molecule has 6 nitrogen and oxygen atoms in total. The quantitative estimate of drug-likeness (QED) is 0.767. The molecule has 0 atom stereocenters. The molecular weight excluding hydrogens is 403 g/mol. The van der Waals surface area contributed by atoms with Gasteiger partial charge in [0.25, 0.3) is 5.91 Å². The fourth-order valence-corrected chi connectivity index (χ4v) is 4.82. The number of ether oxygens (including phenoxy) is 1. The zero-order valence-corrected chi connectivity index (χ0v) is 16.1. The molecule has 1 aliphatic heterocycles. The molecule has 0 aromatic carbocycles. The highest BCUT2D eigenvalue weighted by Crippen LogP contribution is 2.39. The normalized spacial score (nSPS) is 14.7. The van der Waals surface area contributed by atoms with Gasteiger partial charge in [-0.1, -0.05) is 0 Å². The topological polar surface area (TPSA) is 71.5 Å². The zero-order valence-electron chi connectivity index (χ0n) is 14.5. The standard InChI is InChI=1S/C16H16F3N3O3S2/c1-3-25-15(24)10-8-4-5-22(2)6-9(8)27-14(10)21-13(23)11-12(16(17,18)19)20-7-26-11/h7H,3-6H2,1-2H3,(H,21,23). The SMILES string of the molecule is CCOC(=O)c1c(NC(=O)c2scnc2C(F)(F)F)sc2c1CCN(C)C2. The maximum atomic E-state index is 13.0. The van der Waals surface area contributed by atoms with Gasteiger partial charge in [0.2, 0.25) is 0 Å². The number of rotatable bonds is 4. The number of hydrogen-bond donors (Lipinski definition) is 1. The third-order valence-corrected chi connectivity index (χ3v) is 5.95. The Labute approximate surface area is 161 Å². The van der Waals surface area contributed by atoms with Gasteiger partial charge in [-0.15, -0.1) is 22.7 Å². The molecule has 11 heteroatoms. The van der Waals surface area contributed by atoms with Crippen LogP contribution in [-0.4, -0.2) is 42.0 Å². The molecule has 1 aliphatic rings. The second-order valence-corrected chi connectivity index (χ2v) is 7.86. The van der Waals surface area contributed by atoms with Crippen molar-refractivity contribution in [1.82, 2.24) is 9.88 Å². The number of halogens is 3. The first-order valence-electron chi connectivity index (χ1n) is 8.04. The van der Waals surface area contributed by atoms with Gasteiger partial charge in [-0.05, 0) is 26.0 Å². The molecule has 0 radical (unpaired) electrons. The molecule has 2 aromatic rings. The summed E-state index contributed by atoms with van der Waals surface area (Å²) in [5.41, 5.74) is 0.755. The smallest absolute Gasteiger partial charge is 0.434 e. The van der Waals surface area contributed by atoms with Crippen LogP contribution in [0.1, 0.15) is 43.1 Å². The number of thiophene rings is 1. The lowest BCUT2D eigenvalue weighted by Crippen LogP contribution is -2.26. The van der Waals surface area contributed by atoms with Crippen molar-refractivity contribution >= 4 is 39.6 Å². The first kappa shape index (κ1) is 19.8. The second kappa shape index (κ2) is 7.56. The van der Waals surface area contributed by atoms with Crippen molar-refractivity contribution in [3.05, 3.63) is 32.1 Å². The number of anilines is 1. The largest absolute Gasteiger partial charge is 0.462 e.